The Morgan fingerprint density at radius 3 is 2.86 bits per heavy atom. The Labute approximate surface area is 131 Å². The summed E-state index contributed by atoms with van der Waals surface area (Å²) >= 11 is 0. The van der Waals surface area contributed by atoms with E-state index >= 15 is 0 Å². The first-order valence-corrected chi connectivity index (χ1v) is 7.93. The Kier molecular flexibility index (Phi) is 4.06. The Morgan fingerprint density at radius 1 is 1.50 bits per heavy atom. The maximum Gasteiger partial charge on any atom is 0.240 e. The molecule has 22 heavy (non-hydrogen) atoms. The Hall–Kier alpha value is -1.66. The van der Waals surface area contributed by atoms with Crippen molar-refractivity contribution in [2.75, 3.05) is 32.1 Å². The van der Waals surface area contributed by atoms with E-state index in [2.05, 4.69) is 15.2 Å². The highest BCUT2D eigenvalue weighted by Crippen LogP contribution is 2.40. The van der Waals surface area contributed by atoms with E-state index in [0.717, 1.165) is 43.9 Å². The lowest BCUT2D eigenvalue weighted by Gasteiger charge is -2.22. The highest BCUT2D eigenvalue weighted by atomic mass is 16.2. The van der Waals surface area contributed by atoms with Crippen molar-refractivity contribution in [2.45, 2.75) is 37.4 Å². The molecule has 0 spiro atoms. The summed E-state index contributed by atoms with van der Waals surface area (Å²) in [5.74, 6) is 1.06. The lowest BCUT2D eigenvalue weighted by Crippen LogP contribution is -2.45. The zero-order valence-electron chi connectivity index (χ0n) is 13.4. The van der Waals surface area contributed by atoms with Crippen molar-refractivity contribution in [2.24, 2.45) is 5.73 Å². The largest absolute Gasteiger partial charge is 0.355 e. The van der Waals surface area contributed by atoms with Crippen LogP contribution in [0.3, 0.4) is 0 Å². The molecule has 1 aliphatic heterocycles. The second-order valence-corrected chi connectivity index (χ2v) is 6.59. The Bertz CT molecular complexity index is 555. The van der Waals surface area contributed by atoms with Crippen molar-refractivity contribution in [1.29, 1.82) is 0 Å². The fourth-order valence-electron chi connectivity index (χ4n) is 3.07. The molecule has 1 aromatic rings. The van der Waals surface area contributed by atoms with E-state index in [4.69, 9.17) is 5.73 Å². The van der Waals surface area contributed by atoms with Crippen LogP contribution in [0.2, 0.25) is 0 Å². The van der Waals surface area contributed by atoms with Gasteiger partial charge < -0.3 is 16.0 Å². The minimum atomic E-state index is -0.292. The van der Waals surface area contributed by atoms with Gasteiger partial charge in [0.1, 0.15) is 5.82 Å². The third-order valence-corrected chi connectivity index (χ3v) is 4.77. The average Bonchev–Trinajstić information content (AvgIpc) is 3.22. The monoisotopic (exact) mass is 303 g/mol. The van der Waals surface area contributed by atoms with E-state index in [-0.39, 0.29) is 17.5 Å². The van der Waals surface area contributed by atoms with E-state index in [1.54, 1.807) is 0 Å². The molecule has 0 aromatic carbocycles. The van der Waals surface area contributed by atoms with Gasteiger partial charge in [0.25, 0.3) is 0 Å². The summed E-state index contributed by atoms with van der Waals surface area (Å²) in [6, 6.07) is 6.19. The van der Waals surface area contributed by atoms with E-state index < -0.39 is 0 Å². The first-order valence-electron chi connectivity index (χ1n) is 7.93. The fraction of sp³-hybridized carbons (Fsp3) is 0.625. The molecule has 6 nitrogen and oxygen atoms in total. The van der Waals surface area contributed by atoms with E-state index in [1.807, 2.05) is 37.2 Å². The second-order valence-electron chi connectivity index (χ2n) is 6.59. The van der Waals surface area contributed by atoms with Crippen LogP contribution in [0.4, 0.5) is 5.82 Å². The van der Waals surface area contributed by atoms with Crippen molar-refractivity contribution >= 4 is 11.7 Å². The summed E-state index contributed by atoms with van der Waals surface area (Å²) in [6.07, 6.45) is 2.88. The third-order valence-electron chi connectivity index (χ3n) is 4.77. The maximum absolute atomic E-state index is 12.3. The molecule has 1 amide bonds. The van der Waals surface area contributed by atoms with E-state index in [1.165, 1.54) is 0 Å². The van der Waals surface area contributed by atoms with Gasteiger partial charge >= 0.3 is 0 Å². The number of amides is 1. The lowest BCUT2D eigenvalue weighted by atomic mass is 10.2. The number of pyridine rings is 1. The van der Waals surface area contributed by atoms with Crippen LogP contribution in [0.25, 0.3) is 0 Å². The summed E-state index contributed by atoms with van der Waals surface area (Å²) in [5.41, 5.74) is 6.55. The van der Waals surface area contributed by atoms with Gasteiger partial charge in [-0.05, 0) is 45.5 Å². The van der Waals surface area contributed by atoms with Crippen molar-refractivity contribution < 1.29 is 4.79 Å². The zero-order valence-corrected chi connectivity index (χ0v) is 13.4. The number of nitrogens with one attached hydrogen (secondary N) is 1. The van der Waals surface area contributed by atoms with Gasteiger partial charge in [0, 0.05) is 19.1 Å². The van der Waals surface area contributed by atoms with Gasteiger partial charge in [0.05, 0.1) is 17.8 Å². The molecular weight excluding hydrogens is 278 g/mol. The molecule has 1 aliphatic carbocycles. The minimum Gasteiger partial charge on any atom is -0.355 e. The van der Waals surface area contributed by atoms with Gasteiger partial charge in [0.15, 0.2) is 0 Å². The van der Waals surface area contributed by atoms with Gasteiger partial charge in [-0.3, -0.25) is 9.69 Å². The van der Waals surface area contributed by atoms with Gasteiger partial charge in [-0.2, -0.15) is 0 Å². The molecule has 2 aliphatic rings. The molecule has 0 radical (unpaired) electrons. The average molecular weight is 303 g/mol. The number of hydrogen-bond donors (Lipinski definition) is 2. The smallest absolute Gasteiger partial charge is 0.240 e. The van der Waals surface area contributed by atoms with Crippen LogP contribution < -0.4 is 16.0 Å². The Morgan fingerprint density at radius 2 is 2.27 bits per heavy atom. The fourth-order valence-corrected chi connectivity index (χ4v) is 3.07. The van der Waals surface area contributed by atoms with Crippen LogP contribution in [0.5, 0.6) is 0 Å². The number of anilines is 1. The quantitative estimate of drug-likeness (QED) is 0.820. The van der Waals surface area contributed by atoms with Crippen molar-refractivity contribution in [3.8, 4) is 0 Å². The van der Waals surface area contributed by atoms with Crippen LogP contribution >= 0.6 is 0 Å². The predicted molar refractivity (Wildman–Crippen MR) is 86.5 cm³/mol. The molecule has 1 unspecified atom stereocenters. The van der Waals surface area contributed by atoms with Crippen LogP contribution in [-0.4, -0.2) is 54.6 Å². The standard InChI is InChI=1S/C16H25N5O/c1-20(2)16(7-8-16)15(22)18-10-13-4-3-5-14(19-13)21-9-6-12(17)11-21/h3-5,12H,6-11,17H2,1-2H3,(H,18,22). The van der Waals surface area contributed by atoms with Gasteiger partial charge in [-0.1, -0.05) is 6.07 Å². The molecule has 120 valence electrons. The second kappa shape index (κ2) is 5.85. The van der Waals surface area contributed by atoms with Gasteiger partial charge in [0.2, 0.25) is 5.91 Å². The van der Waals surface area contributed by atoms with Crippen molar-refractivity contribution in [3.05, 3.63) is 23.9 Å². The maximum atomic E-state index is 12.3. The number of nitrogens with two attached hydrogens (primary N) is 1. The summed E-state index contributed by atoms with van der Waals surface area (Å²) < 4.78 is 0. The number of aromatic nitrogens is 1. The zero-order chi connectivity index (χ0) is 15.7. The molecule has 3 N–H and O–H groups in total. The number of carbonyl (C=O) groups excluding carboxylic acids is 1. The molecule has 6 heteroatoms. The molecule has 1 aromatic heterocycles. The molecule has 3 rings (SSSR count). The van der Waals surface area contributed by atoms with Crippen LogP contribution in [-0.2, 0) is 11.3 Å². The first kappa shape index (κ1) is 15.2. The summed E-state index contributed by atoms with van der Waals surface area (Å²) in [7, 11) is 3.92. The topological polar surface area (TPSA) is 74.5 Å². The minimum absolute atomic E-state index is 0.105. The number of carbonyl (C=O) groups is 1. The highest BCUT2D eigenvalue weighted by Gasteiger charge is 2.51. The molecular formula is C16H25N5O. The highest BCUT2D eigenvalue weighted by molar-refractivity contribution is 5.89. The molecule has 2 heterocycles. The number of hydrogen-bond acceptors (Lipinski definition) is 5. The summed E-state index contributed by atoms with van der Waals surface area (Å²) in [4.78, 5) is 21.2. The molecule has 0 bridgehead atoms. The number of likely N-dealkylation sites (N-methyl/N-ethyl adjacent to an activating group) is 1. The molecule has 1 saturated carbocycles. The number of nitrogens with zero attached hydrogens (tertiary/aromatic N) is 3. The molecule has 2 fully saturated rings. The normalized spacial score (nSPS) is 22.9. The van der Waals surface area contributed by atoms with Gasteiger partial charge in [-0.15, -0.1) is 0 Å². The van der Waals surface area contributed by atoms with Gasteiger partial charge in [-0.25, -0.2) is 4.98 Å². The SMILES string of the molecule is CN(C)C1(C(=O)NCc2cccc(N3CCC(N)C3)n2)CC1. The lowest BCUT2D eigenvalue weighted by molar-refractivity contribution is -0.127. The van der Waals surface area contributed by atoms with Crippen molar-refractivity contribution in [3.63, 3.8) is 0 Å². The van der Waals surface area contributed by atoms with Crippen molar-refractivity contribution in [1.82, 2.24) is 15.2 Å². The summed E-state index contributed by atoms with van der Waals surface area (Å²) in [5, 5.41) is 3.02. The molecule has 1 atom stereocenters. The number of rotatable bonds is 5. The Balaban J connectivity index is 1.60. The summed E-state index contributed by atoms with van der Waals surface area (Å²) in [6.45, 7) is 2.28. The predicted octanol–water partition coefficient (Wildman–Crippen LogP) is 0.329. The van der Waals surface area contributed by atoms with E-state index in [0.29, 0.717) is 6.54 Å². The van der Waals surface area contributed by atoms with Crippen LogP contribution in [0.1, 0.15) is 25.0 Å². The van der Waals surface area contributed by atoms with Crippen LogP contribution in [0, 0.1) is 0 Å². The third kappa shape index (κ3) is 2.94. The van der Waals surface area contributed by atoms with Crippen LogP contribution in [0.15, 0.2) is 18.2 Å². The van der Waals surface area contributed by atoms with E-state index in [9.17, 15) is 4.79 Å². The first-order chi connectivity index (χ1) is 10.5. The molecule has 1 saturated heterocycles.